The van der Waals surface area contributed by atoms with Crippen molar-refractivity contribution in [1.29, 1.82) is 0 Å². The van der Waals surface area contributed by atoms with Gasteiger partial charge in [-0.05, 0) is 23.8 Å². The van der Waals surface area contributed by atoms with Crippen molar-refractivity contribution in [2.24, 2.45) is 0 Å². The van der Waals surface area contributed by atoms with Gasteiger partial charge in [-0.2, -0.15) is 0 Å². The Balaban J connectivity index is 1.98. The molecule has 2 heterocycles. The van der Waals surface area contributed by atoms with Crippen LogP contribution in [0.2, 0.25) is 5.02 Å². The topological polar surface area (TPSA) is 112 Å². The molecule has 3 aromatic rings. The van der Waals surface area contributed by atoms with E-state index in [0.29, 0.717) is 26.4 Å². The molecule has 0 bridgehead atoms. The fourth-order valence-corrected chi connectivity index (χ4v) is 3.03. The lowest BCUT2D eigenvalue weighted by molar-refractivity contribution is 0.0695. The third-order valence-corrected chi connectivity index (χ3v) is 4.31. The Morgan fingerprint density at radius 2 is 2.12 bits per heavy atom. The Morgan fingerprint density at radius 3 is 2.79 bits per heavy atom. The van der Waals surface area contributed by atoms with Crippen LogP contribution in [0.15, 0.2) is 34.7 Å². The maximum Gasteiger partial charge on any atom is 0.341 e. The molecule has 1 aromatic carbocycles. The number of benzene rings is 1. The summed E-state index contributed by atoms with van der Waals surface area (Å²) >= 11 is 7.26. The second kappa shape index (κ2) is 6.42. The number of aromatic carboxylic acids is 1. The van der Waals surface area contributed by atoms with Crippen LogP contribution in [0.25, 0.3) is 10.9 Å². The maximum absolute atomic E-state index is 12.0. The molecule has 0 radical (unpaired) electrons. The summed E-state index contributed by atoms with van der Waals surface area (Å²) in [6, 6.07) is 4.41. The quantitative estimate of drug-likeness (QED) is 0.658. The van der Waals surface area contributed by atoms with E-state index >= 15 is 0 Å². The number of carboxylic acids is 1. The van der Waals surface area contributed by atoms with Gasteiger partial charge in [-0.3, -0.25) is 14.6 Å². The van der Waals surface area contributed by atoms with Crippen LogP contribution < -0.4 is 10.9 Å². The number of thiazole rings is 1. The summed E-state index contributed by atoms with van der Waals surface area (Å²) in [7, 11) is 0. The van der Waals surface area contributed by atoms with Gasteiger partial charge in [-0.25, -0.2) is 4.79 Å². The number of rotatable bonds is 4. The van der Waals surface area contributed by atoms with Crippen molar-refractivity contribution >= 4 is 45.7 Å². The number of aromatic nitrogens is 2. The van der Waals surface area contributed by atoms with E-state index in [-0.39, 0.29) is 18.0 Å². The van der Waals surface area contributed by atoms with E-state index in [2.05, 4.69) is 15.3 Å². The number of amides is 1. The Morgan fingerprint density at radius 1 is 1.33 bits per heavy atom. The molecule has 0 aliphatic rings. The molecule has 0 aliphatic carbocycles. The number of hydrogen-bond acceptors (Lipinski definition) is 5. The first kappa shape index (κ1) is 16.2. The van der Waals surface area contributed by atoms with Gasteiger partial charge >= 0.3 is 5.97 Å². The molecule has 0 aliphatic heterocycles. The van der Waals surface area contributed by atoms with Crippen LogP contribution in [0.4, 0.5) is 0 Å². The maximum atomic E-state index is 12.0. The minimum absolute atomic E-state index is 0.121. The Labute approximate surface area is 143 Å². The van der Waals surface area contributed by atoms with Gasteiger partial charge in [0.25, 0.3) is 11.5 Å². The molecule has 9 heteroatoms. The monoisotopic (exact) mass is 363 g/mol. The number of nitrogens with zero attached hydrogens (tertiary/aromatic N) is 1. The highest BCUT2D eigenvalue weighted by molar-refractivity contribution is 7.11. The predicted octanol–water partition coefficient (Wildman–Crippen LogP) is 2.27. The first-order valence-electron chi connectivity index (χ1n) is 6.71. The Bertz CT molecular complexity index is 998. The highest BCUT2D eigenvalue weighted by Gasteiger charge is 2.14. The lowest BCUT2D eigenvalue weighted by Crippen LogP contribution is -2.23. The Hall–Kier alpha value is -2.71. The number of aromatic amines is 1. The number of carbonyl (C=O) groups is 2. The number of nitrogens with one attached hydrogen (secondary N) is 2. The van der Waals surface area contributed by atoms with Gasteiger partial charge < -0.3 is 15.4 Å². The molecule has 1 amide bonds. The molecule has 24 heavy (non-hydrogen) atoms. The van der Waals surface area contributed by atoms with Crippen molar-refractivity contribution in [2.45, 2.75) is 6.54 Å². The van der Waals surface area contributed by atoms with Gasteiger partial charge in [0.15, 0.2) is 0 Å². The number of halogens is 1. The number of fused-ring (bicyclic) bond motifs is 1. The summed E-state index contributed by atoms with van der Waals surface area (Å²) in [6.45, 7) is 0.121. The molecule has 0 saturated carbocycles. The van der Waals surface area contributed by atoms with E-state index < -0.39 is 11.5 Å². The van der Waals surface area contributed by atoms with Crippen LogP contribution in [0.5, 0.6) is 0 Å². The molecular formula is C15H10ClN3O4S. The summed E-state index contributed by atoms with van der Waals surface area (Å²) in [5, 5.41) is 12.6. The number of carboxylic acid groups (broad SMARTS) is 1. The van der Waals surface area contributed by atoms with Crippen LogP contribution in [0, 0.1) is 0 Å². The second-order valence-corrected chi connectivity index (χ2v) is 6.22. The van der Waals surface area contributed by atoms with Gasteiger partial charge in [0.1, 0.15) is 10.4 Å². The number of H-pyrrole nitrogens is 1. The van der Waals surface area contributed by atoms with Crippen LogP contribution in [-0.4, -0.2) is 27.0 Å². The van der Waals surface area contributed by atoms with E-state index in [1.165, 1.54) is 23.6 Å². The lowest BCUT2D eigenvalue weighted by Gasteiger charge is -2.09. The zero-order valence-electron chi connectivity index (χ0n) is 12.0. The van der Waals surface area contributed by atoms with E-state index in [9.17, 15) is 14.4 Å². The molecule has 0 atom stereocenters. The fraction of sp³-hybridized carbons (Fsp3) is 0.0667. The third kappa shape index (κ3) is 3.15. The fourth-order valence-electron chi connectivity index (χ4n) is 2.24. The highest BCUT2D eigenvalue weighted by Crippen LogP contribution is 2.22. The van der Waals surface area contributed by atoms with Crippen molar-refractivity contribution in [3.8, 4) is 0 Å². The van der Waals surface area contributed by atoms with E-state index in [1.54, 1.807) is 17.6 Å². The standard InChI is InChI=1S/C15H10ClN3O4S/c16-9-1-7-3-10(15(22)23)13(20)19-12(7)8(2-9)4-18-14(21)11-5-17-6-24-11/h1-3,5-6H,4H2,(H,18,21)(H,19,20)(H,22,23). The van der Waals surface area contributed by atoms with Gasteiger partial charge in [0.2, 0.25) is 0 Å². The number of hydrogen-bond donors (Lipinski definition) is 3. The highest BCUT2D eigenvalue weighted by atomic mass is 35.5. The van der Waals surface area contributed by atoms with Crippen LogP contribution in [0.1, 0.15) is 25.6 Å². The van der Waals surface area contributed by atoms with Crippen molar-refractivity contribution in [2.75, 3.05) is 0 Å². The zero-order chi connectivity index (χ0) is 17.3. The summed E-state index contributed by atoms with van der Waals surface area (Å²) in [4.78, 5) is 41.8. The van der Waals surface area contributed by atoms with Gasteiger partial charge in [-0.1, -0.05) is 11.6 Å². The molecular weight excluding hydrogens is 354 g/mol. The molecule has 3 rings (SSSR count). The summed E-state index contributed by atoms with van der Waals surface area (Å²) in [5.74, 6) is -1.62. The van der Waals surface area contributed by atoms with Crippen LogP contribution in [0.3, 0.4) is 0 Å². The number of pyridine rings is 1. The predicted molar refractivity (Wildman–Crippen MR) is 89.8 cm³/mol. The normalized spacial score (nSPS) is 10.7. The largest absolute Gasteiger partial charge is 0.477 e. The molecule has 3 N–H and O–H groups in total. The molecule has 122 valence electrons. The van der Waals surface area contributed by atoms with Crippen molar-refractivity contribution in [1.82, 2.24) is 15.3 Å². The molecule has 0 unspecified atom stereocenters. The zero-order valence-corrected chi connectivity index (χ0v) is 13.6. The summed E-state index contributed by atoms with van der Waals surface area (Å²) in [5.41, 5.74) is 1.47. The van der Waals surface area contributed by atoms with Crippen molar-refractivity contribution in [3.05, 3.63) is 61.3 Å². The van der Waals surface area contributed by atoms with Crippen molar-refractivity contribution in [3.63, 3.8) is 0 Å². The van der Waals surface area contributed by atoms with E-state index in [0.717, 1.165) is 0 Å². The SMILES string of the molecule is O=C(NCc1cc(Cl)cc2cc(C(=O)O)c(=O)[nH]c12)c1cncs1. The minimum Gasteiger partial charge on any atom is -0.477 e. The average molecular weight is 364 g/mol. The van der Waals surface area contributed by atoms with Crippen molar-refractivity contribution < 1.29 is 14.7 Å². The van der Waals surface area contributed by atoms with Gasteiger partial charge in [0.05, 0.1) is 17.2 Å². The third-order valence-electron chi connectivity index (χ3n) is 3.32. The molecule has 7 nitrogen and oxygen atoms in total. The molecule has 2 aromatic heterocycles. The van der Waals surface area contributed by atoms with E-state index in [1.807, 2.05) is 0 Å². The molecule has 0 saturated heterocycles. The average Bonchev–Trinajstić information content (AvgIpc) is 3.06. The smallest absolute Gasteiger partial charge is 0.341 e. The van der Waals surface area contributed by atoms with E-state index in [4.69, 9.17) is 16.7 Å². The Kier molecular flexibility index (Phi) is 4.32. The first-order valence-corrected chi connectivity index (χ1v) is 7.97. The van der Waals surface area contributed by atoms with Crippen LogP contribution >= 0.6 is 22.9 Å². The first-order chi connectivity index (χ1) is 11.5. The second-order valence-electron chi connectivity index (χ2n) is 4.89. The minimum atomic E-state index is -1.32. The molecule has 0 spiro atoms. The number of carbonyl (C=O) groups excluding carboxylic acids is 1. The summed E-state index contributed by atoms with van der Waals surface area (Å²) in [6.07, 6.45) is 1.46. The van der Waals surface area contributed by atoms with Gasteiger partial charge in [-0.15, -0.1) is 11.3 Å². The lowest BCUT2D eigenvalue weighted by atomic mass is 10.1. The van der Waals surface area contributed by atoms with Crippen LogP contribution in [-0.2, 0) is 6.54 Å². The molecule has 0 fully saturated rings. The van der Waals surface area contributed by atoms with Gasteiger partial charge in [0, 0.05) is 17.0 Å². The summed E-state index contributed by atoms with van der Waals surface area (Å²) < 4.78 is 0.